The predicted molar refractivity (Wildman–Crippen MR) is 60.4 cm³/mol. The third kappa shape index (κ3) is 3.20. The average Bonchev–Trinajstić information content (AvgIpc) is 2.82. The van der Waals surface area contributed by atoms with E-state index in [0.717, 1.165) is 12.8 Å². The third-order valence-electron chi connectivity index (χ3n) is 2.21. The second kappa shape index (κ2) is 4.09. The highest BCUT2D eigenvalue weighted by Crippen LogP contribution is 2.42. The summed E-state index contributed by atoms with van der Waals surface area (Å²) in [4.78, 5) is 11.5. The van der Waals surface area contributed by atoms with Gasteiger partial charge in [-0.2, -0.15) is 0 Å². The molecule has 1 fully saturated rings. The van der Waals surface area contributed by atoms with E-state index in [0.29, 0.717) is 5.76 Å². The summed E-state index contributed by atoms with van der Waals surface area (Å²) in [5, 5.41) is 2.73. The van der Waals surface area contributed by atoms with E-state index in [2.05, 4.69) is 11.9 Å². The molecule has 0 spiro atoms. The number of carbonyl (C=O) groups is 1. The molecule has 0 heterocycles. The van der Waals surface area contributed by atoms with Crippen molar-refractivity contribution < 1.29 is 14.3 Å². The number of hydrogen-bond donors (Lipinski definition) is 1. The van der Waals surface area contributed by atoms with Gasteiger partial charge in [-0.05, 0) is 33.6 Å². The minimum Gasteiger partial charge on any atom is -0.444 e. The van der Waals surface area contributed by atoms with Crippen LogP contribution in [0.5, 0.6) is 0 Å². The van der Waals surface area contributed by atoms with E-state index >= 15 is 0 Å². The molecule has 0 radical (unpaired) electrons. The molecule has 0 unspecified atom stereocenters. The van der Waals surface area contributed by atoms with Gasteiger partial charge in [-0.3, -0.25) is 0 Å². The Kier molecular flexibility index (Phi) is 3.18. The predicted octanol–water partition coefficient (Wildman–Crippen LogP) is 2.16. The molecule has 1 aliphatic carbocycles. The summed E-state index contributed by atoms with van der Waals surface area (Å²) in [5.74, 6) is 0.390. The zero-order valence-corrected chi connectivity index (χ0v) is 9.92. The van der Waals surface area contributed by atoms with Crippen LogP contribution in [0.25, 0.3) is 0 Å². The lowest BCUT2D eigenvalue weighted by atomic mass is 10.2. The second-order valence-corrected chi connectivity index (χ2v) is 4.85. The van der Waals surface area contributed by atoms with Gasteiger partial charge in [-0.25, -0.2) is 4.79 Å². The van der Waals surface area contributed by atoms with Crippen LogP contribution in [0.15, 0.2) is 12.3 Å². The standard InChI is InChI=1S/C12H17NO3/c1-6-15-9(2)12(7-8-12)13-10(14)16-11(3,4)5/h1H,2,7-8H2,3-5H3,(H,13,14). The van der Waals surface area contributed by atoms with Crippen LogP contribution in [0.4, 0.5) is 4.79 Å². The van der Waals surface area contributed by atoms with Crippen molar-refractivity contribution in [3.8, 4) is 12.5 Å². The van der Waals surface area contributed by atoms with Crippen molar-refractivity contribution in [3.63, 3.8) is 0 Å². The van der Waals surface area contributed by atoms with Gasteiger partial charge in [-0.1, -0.05) is 13.0 Å². The number of carbonyl (C=O) groups excluding carboxylic acids is 1. The van der Waals surface area contributed by atoms with Crippen LogP contribution < -0.4 is 5.32 Å². The van der Waals surface area contributed by atoms with Crippen molar-refractivity contribution in [1.82, 2.24) is 5.32 Å². The van der Waals surface area contributed by atoms with Crippen molar-refractivity contribution in [3.05, 3.63) is 12.3 Å². The number of nitrogens with one attached hydrogen (secondary N) is 1. The lowest BCUT2D eigenvalue weighted by Gasteiger charge is -2.23. The van der Waals surface area contributed by atoms with Crippen molar-refractivity contribution in [2.24, 2.45) is 0 Å². The Hall–Kier alpha value is -1.63. The zero-order valence-electron chi connectivity index (χ0n) is 9.92. The molecule has 0 bridgehead atoms. The molecular weight excluding hydrogens is 206 g/mol. The summed E-state index contributed by atoms with van der Waals surface area (Å²) in [6.45, 7) is 9.11. The number of alkyl carbamates (subject to hydrolysis) is 1. The van der Waals surface area contributed by atoms with Gasteiger partial charge >= 0.3 is 6.09 Å². The van der Waals surface area contributed by atoms with Crippen LogP contribution in [-0.4, -0.2) is 17.2 Å². The molecule has 1 N–H and O–H groups in total. The summed E-state index contributed by atoms with van der Waals surface area (Å²) in [6.07, 6.45) is 8.11. The highest BCUT2D eigenvalue weighted by Gasteiger charge is 2.49. The molecule has 4 nitrogen and oxygen atoms in total. The first kappa shape index (κ1) is 12.4. The van der Waals surface area contributed by atoms with E-state index in [1.54, 1.807) is 20.8 Å². The summed E-state index contributed by atoms with van der Waals surface area (Å²) in [5.41, 5.74) is -1.05. The Bertz CT molecular complexity index is 342. The monoisotopic (exact) mass is 223 g/mol. The van der Waals surface area contributed by atoms with Crippen LogP contribution in [0, 0.1) is 12.5 Å². The summed E-state index contributed by atoms with van der Waals surface area (Å²) < 4.78 is 10.0. The first-order chi connectivity index (χ1) is 7.29. The van der Waals surface area contributed by atoms with Gasteiger partial charge in [0.2, 0.25) is 0 Å². The molecule has 1 rings (SSSR count). The van der Waals surface area contributed by atoms with Gasteiger partial charge in [0.25, 0.3) is 0 Å². The maximum absolute atomic E-state index is 11.5. The Labute approximate surface area is 96.0 Å². The van der Waals surface area contributed by atoms with E-state index in [1.807, 2.05) is 6.11 Å². The fourth-order valence-electron chi connectivity index (χ4n) is 1.27. The van der Waals surface area contributed by atoms with Crippen molar-refractivity contribution >= 4 is 6.09 Å². The van der Waals surface area contributed by atoms with Crippen molar-refractivity contribution in [2.45, 2.75) is 44.8 Å². The number of hydrogen-bond acceptors (Lipinski definition) is 3. The second-order valence-electron chi connectivity index (χ2n) is 4.85. The van der Waals surface area contributed by atoms with E-state index in [9.17, 15) is 4.79 Å². The van der Waals surface area contributed by atoms with Gasteiger partial charge in [0, 0.05) is 0 Å². The molecule has 1 amide bonds. The first-order valence-electron chi connectivity index (χ1n) is 5.12. The third-order valence-corrected chi connectivity index (χ3v) is 2.21. The van der Waals surface area contributed by atoms with Crippen LogP contribution >= 0.6 is 0 Å². The smallest absolute Gasteiger partial charge is 0.408 e. The van der Waals surface area contributed by atoms with Gasteiger partial charge in [-0.15, -0.1) is 0 Å². The molecule has 4 heteroatoms. The summed E-state index contributed by atoms with van der Waals surface area (Å²) in [6, 6.07) is 0. The van der Waals surface area contributed by atoms with Crippen molar-refractivity contribution in [1.29, 1.82) is 0 Å². The first-order valence-corrected chi connectivity index (χ1v) is 5.12. The maximum Gasteiger partial charge on any atom is 0.408 e. The Balaban J connectivity index is 2.52. The summed E-state index contributed by atoms with van der Waals surface area (Å²) >= 11 is 0. The van der Waals surface area contributed by atoms with Crippen molar-refractivity contribution in [2.75, 3.05) is 0 Å². The molecule has 1 saturated carbocycles. The maximum atomic E-state index is 11.5. The van der Waals surface area contributed by atoms with Crippen LogP contribution in [0.1, 0.15) is 33.6 Å². The molecular formula is C12H17NO3. The molecule has 0 atom stereocenters. The van der Waals surface area contributed by atoms with E-state index in [1.165, 1.54) is 0 Å². The highest BCUT2D eigenvalue weighted by molar-refractivity contribution is 5.70. The van der Waals surface area contributed by atoms with E-state index < -0.39 is 17.2 Å². The largest absolute Gasteiger partial charge is 0.444 e. The average molecular weight is 223 g/mol. The molecule has 0 aromatic carbocycles. The molecule has 0 saturated heterocycles. The molecule has 0 aliphatic heterocycles. The number of rotatable bonds is 3. The van der Waals surface area contributed by atoms with E-state index in [-0.39, 0.29) is 0 Å². The van der Waals surface area contributed by atoms with Gasteiger partial charge in [0.05, 0.1) is 0 Å². The van der Waals surface area contributed by atoms with Crippen LogP contribution in [0.2, 0.25) is 0 Å². The van der Waals surface area contributed by atoms with Crippen LogP contribution in [0.3, 0.4) is 0 Å². The van der Waals surface area contributed by atoms with Gasteiger partial charge < -0.3 is 14.8 Å². The lowest BCUT2D eigenvalue weighted by molar-refractivity contribution is 0.0494. The van der Waals surface area contributed by atoms with Gasteiger partial charge in [0.15, 0.2) is 0 Å². The lowest BCUT2D eigenvalue weighted by Crippen LogP contribution is -2.41. The summed E-state index contributed by atoms with van der Waals surface area (Å²) in [7, 11) is 0. The minimum atomic E-state index is -0.533. The SMILES string of the molecule is C#COC(=C)C1(NC(=O)OC(C)(C)C)CC1. The number of amides is 1. The number of ether oxygens (including phenoxy) is 2. The zero-order chi connectivity index (χ0) is 12.4. The molecule has 16 heavy (non-hydrogen) atoms. The fraction of sp³-hybridized carbons (Fsp3) is 0.583. The molecule has 0 aromatic rings. The Morgan fingerprint density at radius 3 is 2.44 bits per heavy atom. The quantitative estimate of drug-likeness (QED) is 0.589. The molecule has 0 aromatic heterocycles. The van der Waals surface area contributed by atoms with Gasteiger partial charge in [0.1, 0.15) is 23.0 Å². The topological polar surface area (TPSA) is 47.6 Å². The Morgan fingerprint density at radius 1 is 1.50 bits per heavy atom. The van der Waals surface area contributed by atoms with Crippen LogP contribution in [-0.2, 0) is 9.47 Å². The van der Waals surface area contributed by atoms with E-state index in [4.69, 9.17) is 15.9 Å². The highest BCUT2D eigenvalue weighted by atomic mass is 16.6. The fourth-order valence-corrected chi connectivity index (χ4v) is 1.27. The molecule has 1 aliphatic rings. The normalized spacial score (nSPS) is 16.9. The number of terminal acetylenes is 1. The molecule has 88 valence electrons. The minimum absolute atomic E-state index is 0.390. The Morgan fingerprint density at radius 2 is 2.06 bits per heavy atom.